The van der Waals surface area contributed by atoms with Crippen molar-refractivity contribution in [3.05, 3.63) is 35.3 Å². The first-order valence-corrected chi connectivity index (χ1v) is 6.70. The Morgan fingerprint density at radius 2 is 2.00 bits per heavy atom. The van der Waals surface area contributed by atoms with E-state index in [0.717, 1.165) is 40.4 Å². The normalized spacial score (nSPS) is 11.9. The fourth-order valence-corrected chi connectivity index (χ4v) is 2.43. The molecule has 0 aliphatic heterocycles. The predicted molar refractivity (Wildman–Crippen MR) is 78.7 cm³/mol. The van der Waals surface area contributed by atoms with Crippen molar-refractivity contribution in [3.8, 4) is 23.1 Å². The third-order valence-corrected chi connectivity index (χ3v) is 3.47. The van der Waals surface area contributed by atoms with Gasteiger partial charge in [0.05, 0.1) is 25.1 Å². The maximum absolute atomic E-state index is 9.09. The molecule has 1 aromatic heterocycles. The second-order valence-corrected chi connectivity index (χ2v) is 4.92. The zero-order valence-electron chi connectivity index (χ0n) is 12.3. The molecule has 1 unspecified atom stereocenters. The van der Waals surface area contributed by atoms with Crippen molar-refractivity contribution in [2.45, 2.75) is 33.1 Å². The molecule has 0 amide bonds. The van der Waals surface area contributed by atoms with Crippen LogP contribution < -0.4 is 4.74 Å². The van der Waals surface area contributed by atoms with Gasteiger partial charge in [-0.3, -0.25) is 0 Å². The van der Waals surface area contributed by atoms with Crippen molar-refractivity contribution in [3.63, 3.8) is 0 Å². The number of hydrogen-bond acceptors (Lipinski definition) is 3. The van der Waals surface area contributed by atoms with Gasteiger partial charge in [0, 0.05) is 5.56 Å². The molecular formula is C16H19N3O. The fraction of sp³-hybridized carbons (Fsp3) is 0.375. The molecule has 0 aliphatic carbocycles. The van der Waals surface area contributed by atoms with Gasteiger partial charge >= 0.3 is 0 Å². The molecule has 2 aromatic rings. The Morgan fingerprint density at radius 1 is 1.35 bits per heavy atom. The molecule has 104 valence electrons. The van der Waals surface area contributed by atoms with Crippen LogP contribution in [0.4, 0.5) is 0 Å². The number of rotatable bonds is 4. The van der Waals surface area contributed by atoms with Crippen molar-refractivity contribution in [1.82, 2.24) is 9.97 Å². The number of methoxy groups -OCH3 is 1. The summed E-state index contributed by atoms with van der Waals surface area (Å²) >= 11 is 0. The average molecular weight is 269 g/mol. The highest BCUT2D eigenvalue weighted by atomic mass is 16.5. The van der Waals surface area contributed by atoms with Crippen LogP contribution in [-0.2, 0) is 0 Å². The van der Waals surface area contributed by atoms with E-state index >= 15 is 0 Å². The lowest BCUT2D eigenvalue weighted by Crippen LogP contribution is -1.96. The minimum atomic E-state index is -0.177. The van der Waals surface area contributed by atoms with Crippen molar-refractivity contribution in [2.75, 3.05) is 7.11 Å². The van der Waals surface area contributed by atoms with Gasteiger partial charge in [0.15, 0.2) is 0 Å². The van der Waals surface area contributed by atoms with E-state index in [-0.39, 0.29) is 5.92 Å². The van der Waals surface area contributed by atoms with E-state index in [4.69, 9.17) is 10.00 Å². The van der Waals surface area contributed by atoms with Crippen LogP contribution in [0.2, 0.25) is 0 Å². The number of aromatic nitrogens is 2. The van der Waals surface area contributed by atoms with Gasteiger partial charge in [0.25, 0.3) is 0 Å². The first-order valence-electron chi connectivity index (χ1n) is 6.70. The number of imidazole rings is 1. The summed E-state index contributed by atoms with van der Waals surface area (Å²) in [6.07, 6.45) is 2.54. The molecular weight excluding hydrogens is 250 g/mol. The second kappa shape index (κ2) is 5.79. The quantitative estimate of drug-likeness (QED) is 0.920. The monoisotopic (exact) mass is 269 g/mol. The van der Waals surface area contributed by atoms with Gasteiger partial charge in [-0.15, -0.1) is 0 Å². The molecule has 4 nitrogen and oxygen atoms in total. The summed E-state index contributed by atoms with van der Waals surface area (Å²) in [5.74, 6) is 1.47. The van der Waals surface area contributed by atoms with Crippen LogP contribution in [0.5, 0.6) is 5.75 Å². The lowest BCUT2D eigenvalue weighted by atomic mass is 10.0. The maximum Gasteiger partial charge on any atom is 0.124 e. The Bertz CT molecular complexity index is 629. The van der Waals surface area contributed by atoms with E-state index < -0.39 is 0 Å². The molecule has 1 atom stereocenters. The zero-order chi connectivity index (χ0) is 14.7. The molecule has 0 spiro atoms. The molecule has 1 heterocycles. The minimum absolute atomic E-state index is 0.177. The SMILES string of the molecule is CCC(C#N)c1ncc(-c2cc(C)c(OC)c(C)c2)[nH]1. The van der Waals surface area contributed by atoms with Crippen molar-refractivity contribution >= 4 is 0 Å². The number of nitrogens with one attached hydrogen (secondary N) is 1. The highest BCUT2D eigenvalue weighted by Gasteiger charge is 2.14. The second-order valence-electron chi connectivity index (χ2n) is 4.92. The summed E-state index contributed by atoms with van der Waals surface area (Å²) in [6.45, 7) is 6.03. The van der Waals surface area contributed by atoms with Crippen LogP contribution in [0.25, 0.3) is 11.3 Å². The Hall–Kier alpha value is -2.28. The number of ether oxygens (including phenoxy) is 1. The van der Waals surface area contributed by atoms with Gasteiger partial charge in [-0.2, -0.15) is 5.26 Å². The van der Waals surface area contributed by atoms with Crippen LogP contribution in [0.15, 0.2) is 18.3 Å². The maximum atomic E-state index is 9.09. The van der Waals surface area contributed by atoms with Gasteiger partial charge < -0.3 is 9.72 Å². The van der Waals surface area contributed by atoms with E-state index in [2.05, 4.69) is 28.2 Å². The smallest absolute Gasteiger partial charge is 0.124 e. The molecule has 0 saturated heterocycles. The molecule has 0 saturated carbocycles. The van der Waals surface area contributed by atoms with Crippen molar-refractivity contribution in [2.24, 2.45) is 0 Å². The standard InChI is InChI=1S/C16H19N3O/c1-5-12(8-17)16-18-9-14(19-16)13-6-10(2)15(20-4)11(3)7-13/h6-7,9,12H,5H2,1-4H3,(H,18,19). The van der Waals surface area contributed by atoms with Crippen LogP contribution in [0.3, 0.4) is 0 Å². The number of H-pyrrole nitrogens is 1. The number of nitriles is 1. The summed E-state index contributed by atoms with van der Waals surface area (Å²) in [6, 6.07) is 6.39. The summed E-state index contributed by atoms with van der Waals surface area (Å²) < 4.78 is 5.38. The minimum Gasteiger partial charge on any atom is -0.496 e. The van der Waals surface area contributed by atoms with Crippen LogP contribution in [0, 0.1) is 25.2 Å². The van der Waals surface area contributed by atoms with Crippen molar-refractivity contribution < 1.29 is 4.74 Å². The fourth-order valence-electron chi connectivity index (χ4n) is 2.43. The van der Waals surface area contributed by atoms with Gasteiger partial charge in [0.1, 0.15) is 17.5 Å². The summed E-state index contributed by atoms with van der Waals surface area (Å²) in [7, 11) is 1.68. The summed E-state index contributed by atoms with van der Waals surface area (Å²) in [5.41, 5.74) is 4.17. The first-order chi connectivity index (χ1) is 9.60. The van der Waals surface area contributed by atoms with Crippen LogP contribution in [0.1, 0.15) is 36.2 Å². The van der Waals surface area contributed by atoms with Crippen molar-refractivity contribution in [1.29, 1.82) is 5.26 Å². The lowest BCUT2D eigenvalue weighted by Gasteiger charge is -2.10. The Balaban J connectivity index is 2.41. The first kappa shape index (κ1) is 14.1. The zero-order valence-corrected chi connectivity index (χ0v) is 12.3. The van der Waals surface area contributed by atoms with Gasteiger partial charge in [-0.1, -0.05) is 6.92 Å². The van der Waals surface area contributed by atoms with E-state index in [0.29, 0.717) is 0 Å². The highest BCUT2D eigenvalue weighted by Crippen LogP contribution is 2.29. The number of hydrogen-bond donors (Lipinski definition) is 1. The number of aromatic amines is 1. The molecule has 0 radical (unpaired) electrons. The molecule has 1 N–H and O–H groups in total. The largest absolute Gasteiger partial charge is 0.496 e. The number of benzene rings is 1. The topological polar surface area (TPSA) is 61.7 Å². The molecule has 4 heteroatoms. The molecule has 0 bridgehead atoms. The molecule has 1 aromatic carbocycles. The molecule has 0 fully saturated rings. The molecule has 2 rings (SSSR count). The Labute approximate surface area is 119 Å². The predicted octanol–water partition coefficient (Wildman–Crippen LogP) is 3.72. The third-order valence-electron chi connectivity index (χ3n) is 3.47. The van der Waals surface area contributed by atoms with E-state index in [1.807, 2.05) is 20.8 Å². The van der Waals surface area contributed by atoms with Gasteiger partial charge in [-0.05, 0) is 43.5 Å². The molecule has 0 aliphatic rings. The number of nitrogens with zero attached hydrogens (tertiary/aromatic N) is 2. The Kier molecular flexibility index (Phi) is 4.09. The Morgan fingerprint density at radius 3 is 2.50 bits per heavy atom. The van der Waals surface area contributed by atoms with E-state index in [1.54, 1.807) is 13.3 Å². The van der Waals surface area contributed by atoms with Crippen LogP contribution in [-0.4, -0.2) is 17.1 Å². The summed E-state index contributed by atoms with van der Waals surface area (Å²) in [4.78, 5) is 7.58. The average Bonchev–Trinajstić information content (AvgIpc) is 2.89. The number of aryl methyl sites for hydroxylation is 2. The van der Waals surface area contributed by atoms with E-state index in [9.17, 15) is 0 Å². The van der Waals surface area contributed by atoms with Gasteiger partial charge in [0.2, 0.25) is 0 Å². The summed E-state index contributed by atoms with van der Waals surface area (Å²) in [5, 5.41) is 9.09. The van der Waals surface area contributed by atoms with Crippen LogP contribution >= 0.6 is 0 Å². The lowest BCUT2D eigenvalue weighted by molar-refractivity contribution is 0.408. The highest BCUT2D eigenvalue weighted by molar-refractivity contribution is 5.64. The third kappa shape index (κ3) is 2.53. The molecule has 20 heavy (non-hydrogen) atoms. The van der Waals surface area contributed by atoms with Gasteiger partial charge in [-0.25, -0.2) is 4.98 Å². The van der Waals surface area contributed by atoms with E-state index in [1.165, 1.54) is 0 Å².